The number of carbonyl (C=O) groups excluding carboxylic acids is 1. The second-order valence-electron chi connectivity index (χ2n) is 3.29. The molecule has 0 aliphatic rings. The number of hydrogen-bond acceptors (Lipinski definition) is 4. The van der Waals surface area contributed by atoms with Crippen molar-refractivity contribution in [2.45, 2.75) is 13.3 Å². The van der Waals surface area contributed by atoms with Gasteiger partial charge in [-0.2, -0.15) is 0 Å². The van der Waals surface area contributed by atoms with Gasteiger partial charge in [0.2, 0.25) is 5.91 Å². The van der Waals surface area contributed by atoms with Crippen LogP contribution in [0.25, 0.3) is 11.5 Å². The van der Waals surface area contributed by atoms with Crippen LogP contribution < -0.4 is 5.32 Å². The van der Waals surface area contributed by atoms with Crippen molar-refractivity contribution in [3.63, 3.8) is 0 Å². The van der Waals surface area contributed by atoms with Crippen LogP contribution in [0.4, 0.5) is 6.01 Å². The highest BCUT2D eigenvalue weighted by Crippen LogP contribution is 2.27. The van der Waals surface area contributed by atoms with Crippen molar-refractivity contribution in [2.75, 3.05) is 5.32 Å². The fraction of sp³-hybridized carbons (Fsp3) is 0.182. The molecule has 6 heteroatoms. The summed E-state index contributed by atoms with van der Waals surface area (Å²) < 4.78 is 5.28. The van der Waals surface area contributed by atoms with Crippen molar-refractivity contribution in [3.8, 4) is 11.5 Å². The maximum Gasteiger partial charge on any atom is 0.322 e. The monoisotopic (exact) mass is 251 g/mol. The van der Waals surface area contributed by atoms with E-state index in [-0.39, 0.29) is 17.8 Å². The van der Waals surface area contributed by atoms with E-state index in [2.05, 4.69) is 15.5 Å². The molecule has 1 amide bonds. The fourth-order valence-corrected chi connectivity index (χ4v) is 1.44. The quantitative estimate of drug-likeness (QED) is 0.911. The minimum absolute atomic E-state index is 0.0757. The molecule has 0 radical (unpaired) electrons. The van der Waals surface area contributed by atoms with Gasteiger partial charge >= 0.3 is 6.01 Å². The van der Waals surface area contributed by atoms with Crippen molar-refractivity contribution < 1.29 is 9.21 Å². The van der Waals surface area contributed by atoms with E-state index in [9.17, 15) is 4.79 Å². The summed E-state index contributed by atoms with van der Waals surface area (Å²) in [6.07, 6.45) is 0.351. The number of rotatable bonds is 3. The maximum atomic E-state index is 11.1. The Hall–Kier alpha value is -1.88. The van der Waals surface area contributed by atoms with Crippen LogP contribution >= 0.6 is 11.6 Å². The van der Waals surface area contributed by atoms with Crippen molar-refractivity contribution in [1.82, 2.24) is 10.2 Å². The topological polar surface area (TPSA) is 68.0 Å². The lowest BCUT2D eigenvalue weighted by atomic mass is 10.2. The smallest absolute Gasteiger partial charge is 0.322 e. The average molecular weight is 252 g/mol. The molecule has 2 aromatic rings. The minimum Gasteiger partial charge on any atom is -0.403 e. The van der Waals surface area contributed by atoms with Crippen LogP contribution in [0.15, 0.2) is 28.7 Å². The number of hydrogen-bond donors (Lipinski definition) is 1. The first-order chi connectivity index (χ1) is 8.20. The summed E-state index contributed by atoms with van der Waals surface area (Å²) in [6, 6.07) is 7.19. The summed E-state index contributed by atoms with van der Waals surface area (Å²) in [4.78, 5) is 11.1. The molecule has 2 rings (SSSR count). The molecular formula is C11H10ClN3O2. The van der Waals surface area contributed by atoms with E-state index in [1.54, 1.807) is 19.1 Å². The molecular weight excluding hydrogens is 242 g/mol. The zero-order valence-corrected chi connectivity index (χ0v) is 9.86. The van der Waals surface area contributed by atoms with Crippen molar-refractivity contribution in [3.05, 3.63) is 29.3 Å². The Morgan fingerprint density at radius 1 is 1.41 bits per heavy atom. The van der Waals surface area contributed by atoms with E-state index >= 15 is 0 Å². The lowest BCUT2D eigenvalue weighted by molar-refractivity contribution is -0.116. The highest BCUT2D eigenvalue weighted by molar-refractivity contribution is 6.33. The molecule has 0 saturated heterocycles. The minimum atomic E-state index is -0.181. The predicted molar refractivity (Wildman–Crippen MR) is 63.7 cm³/mol. The van der Waals surface area contributed by atoms with Gasteiger partial charge in [0.05, 0.1) is 10.6 Å². The lowest BCUT2D eigenvalue weighted by Gasteiger charge is -1.97. The number of aromatic nitrogens is 2. The number of nitrogens with one attached hydrogen (secondary N) is 1. The Kier molecular flexibility index (Phi) is 3.39. The van der Waals surface area contributed by atoms with Gasteiger partial charge in [0, 0.05) is 6.42 Å². The molecule has 17 heavy (non-hydrogen) atoms. The number of amides is 1. The molecule has 0 fully saturated rings. The van der Waals surface area contributed by atoms with Gasteiger partial charge in [-0.15, -0.1) is 5.10 Å². The van der Waals surface area contributed by atoms with E-state index in [4.69, 9.17) is 16.0 Å². The zero-order valence-electron chi connectivity index (χ0n) is 9.11. The second kappa shape index (κ2) is 4.97. The summed E-state index contributed by atoms with van der Waals surface area (Å²) in [5.41, 5.74) is 0.638. The van der Waals surface area contributed by atoms with Crippen LogP contribution in [-0.4, -0.2) is 16.1 Å². The third-order valence-electron chi connectivity index (χ3n) is 2.10. The van der Waals surface area contributed by atoms with Crippen molar-refractivity contribution >= 4 is 23.5 Å². The lowest BCUT2D eigenvalue weighted by Crippen LogP contribution is -2.09. The average Bonchev–Trinajstić information content (AvgIpc) is 2.78. The van der Waals surface area contributed by atoms with E-state index in [1.165, 1.54) is 0 Å². The molecule has 1 aromatic heterocycles. The highest BCUT2D eigenvalue weighted by Gasteiger charge is 2.12. The molecule has 1 aromatic carbocycles. The summed E-state index contributed by atoms with van der Waals surface area (Å²) in [6.45, 7) is 1.74. The summed E-state index contributed by atoms with van der Waals surface area (Å²) in [5, 5.41) is 10.5. The number of carbonyl (C=O) groups is 1. The van der Waals surface area contributed by atoms with Gasteiger partial charge in [-0.3, -0.25) is 10.1 Å². The molecule has 1 heterocycles. The zero-order chi connectivity index (χ0) is 12.3. The van der Waals surface area contributed by atoms with E-state index < -0.39 is 0 Å². The van der Waals surface area contributed by atoms with Crippen LogP contribution in [0.5, 0.6) is 0 Å². The third-order valence-corrected chi connectivity index (χ3v) is 2.43. The molecule has 88 valence electrons. The molecule has 0 spiro atoms. The van der Waals surface area contributed by atoms with Crippen LogP contribution in [0.3, 0.4) is 0 Å². The van der Waals surface area contributed by atoms with Crippen LogP contribution in [-0.2, 0) is 4.79 Å². The summed E-state index contributed by atoms with van der Waals surface area (Å²) >= 11 is 5.99. The first-order valence-electron chi connectivity index (χ1n) is 5.09. The van der Waals surface area contributed by atoms with E-state index in [0.29, 0.717) is 17.0 Å². The molecule has 5 nitrogen and oxygen atoms in total. The molecule has 0 bridgehead atoms. The van der Waals surface area contributed by atoms with Gasteiger partial charge in [0.1, 0.15) is 0 Å². The Balaban J connectivity index is 2.24. The molecule has 0 saturated carbocycles. The predicted octanol–water partition coefficient (Wildman–Crippen LogP) is 2.74. The van der Waals surface area contributed by atoms with E-state index in [1.807, 2.05) is 12.1 Å². The van der Waals surface area contributed by atoms with Gasteiger partial charge in [0.15, 0.2) is 0 Å². The Bertz CT molecular complexity index is 539. The van der Waals surface area contributed by atoms with Crippen LogP contribution in [0, 0.1) is 0 Å². The van der Waals surface area contributed by atoms with Gasteiger partial charge in [0.25, 0.3) is 5.89 Å². The summed E-state index contributed by atoms with van der Waals surface area (Å²) in [7, 11) is 0. The molecule has 0 aliphatic carbocycles. The number of benzene rings is 1. The standard InChI is InChI=1S/C11H10ClN3O2/c1-2-9(16)13-11-15-14-10(17-11)7-5-3-4-6-8(7)12/h3-6H,2H2,1H3,(H,13,15,16). The number of nitrogens with zero attached hydrogens (tertiary/aromatic N) is 2. The molecule has 0 aliphatic heterocycles. The molecule has 0 atom stereocenters. The Labute approximate surface area is 103 Å². The van der Waals surface area contributed by atoms with Gasteiger partial charge in [-0.25, -0.2) is 0 Å². The summed E-state index contributed by atoms with van der Waals surface area (Å²) in [5.74, 6) is 0.0985. The van der Waals surface area contributed by atoms with Crippen LogP contribution in [0.1, 0.15) is 13.3 Å². The largest absolute Gasteiger partial charge is 0.403 e. The van der Waals surface area contributed by atoms with Crippen LogP contribution in [0.2, 0.25) is 5.02 Å². The number of halogens is 1. The highest BCUT2D eigenvalue weighted by atomic mass is 35.5. The number of anilines is 1. The van der Waals surface area contributed by atoms with Gasteiger partial charge < -0.3 is 4.42 Å². The van der Waals surface area contributed by atoms with E-state index in [0.717, 1.165) is 0 Å². The first kappa shape index (κ1) is 11.6. The first-order valence-corrected chi connectivity index (χ1v) is 5.46. The normalized spacial score (nSPS) is 10.2. The SMILES string of the molecule is CCC(=O)Nc1nnc(-c2ccccc2Cl)o1. The second-order valence-corrected chi connectivity index (χ2v) is 3.70. The molecule has 1 N–H and O–H groups in total. The molecule has 0 unspecified atom stereocenters. The Morgan fingerprint density at radius 2 is 2.18 bits per heavy atom. The van der Waals surface area contributed by atoms with Crippen molar-refractivity contribution in [2.24, 2.45) is 0 Å². The maximum absolute atomic E-state index is 11.1. The van der Waals surface area contributed by atoms with Crippen molar-refractivity contribution in [1.29, 1.82) is 0 Å². The fourth-order valence-electron chi connectivity index (χ4n) is 1.22. The third kappa shape index (κ3) is 2.62. The Morgan fingerprint density at radius 3 is 2.88 bits per heavy atom. The van der Waals surface area contributed by atoms with Gasteiger partial charge in [-0.1, -0.05) is 35.8 Å². The van der Waals surface area contributed by atoms with Gasteiger partial charge in [-0.05, 0) is 12.1 Å².